The number of amides is 2. The summed E-state index contributed by atoms with van der Waals surface area (Å²) in [6.07, 6.45) is 5.12. The molecule has 0 saturated heterocycles. The first-order valence-electron chi connectivity index (χ1n) is 7.20. The Balaban J connectivity index is 2.21. The molecule has 1 rings (SSSR count). The van der Waals surface area contributed by atoms with E-state index in [1.54, 1.807) is 0 Å². The van der Waals surface area contributed by atoms with Gasteiger partial charge in [-0.15, -0.1) is 0 Å². The lowest BCUT2D eigenvalue weighted by Crippen LogP contribution is -2.49. The van der Waals surface area contributed by atoms with Crippen LogP contribution in [0.5, 0.6) is 0 Å². The molecule has 1 saturated carbocycles. The van der Waals surface area contributed by atoms with Crippen LogP contribution in [0.2, 0.25) is 0 Å². The SMILES string of the molecule is CCC(C)(CO)NC(=O)CCNC(=O)C1CCCC1. The number of aliphatic hydroxyl groups excluding tert-OH is 1. The second-order valence-corrected chi connectivity index (χ2v) is 5.64. The normalized spacial score (nSPS) is 18.9. The second-order valence-electron chi connectivity index (χ2n) is 5.64. The summed E-state index contributed by atoms with van der Waals surface area (Å²) in [6.45, 7) is 4.01. The van der Waals surface area contributed by atoms with Crippen LogP contribution in [0.15, 0.2) is 0 Å². The van der Waals surface area contributed by atoms with Gasteiger partial charge in [0.25, 0.3) is 0 Å². The van der Waals surface area contributed by atoms with Crippen molar-refractivity contribution in [3.63, 3.8) is 0 Å². The van der Waals surface area contributed by atoms with E-state index < -0.39 is 5.54 Å². The standard InChI is InChI=1S/C14H26N2O3/c1-3-14(2,10-17)16-12(18)8-9-15-13(19)11-6-4-5-7-11/h11,17H,3-10H2,1-2H3,(H,15,19)(H,16,18). The molecule has 1 atom stereocenters. The van der Waals surface area contributed by atoms with Crippen LogP contribution in [0.25, 0.3) is 0 Å². The fourth-order valence-electron chi connectivity index (χ4n) is 2.27. The van der Waals surface area contributed by atoms with Crippen LogP contribution in [-0.2, 0) is 9.59 Å². The Morgan fingerprint density at radius 1 is 1.32 bits per heavy atom. The number of nitrogens with one attached hydrogen (secondary N) is 2. The van der Waals surface area contributed by atoms with Gasteiger partial charge < -0.3 is 15.7 Å². The topological polar surface area (TPSA) is 78.4 Å². The Morgan fingerprint density at radius 3 is 2.47 bits per heavy atom. The molecule has 0 bridgehead atoms. The molecule has 0 aromatic carbocycles. The van der Waals surface area contributed by atoms with Crippen molar-refractivity contribution in [3.05, 3.63) is 0 Å². The van der Waals surface area contributed by atoms with Crippen molar-refractivity contribution in [2.24, 2.45) is 5.92 Å². The van der Waals surface area contributed by atoms with Crippen LogP contribution < -0.4 is 10.6 Å². The third-order valence-corrected chi connectivity index (χ3v) is 3.95. The fraction of sp³-hybridized carbons (Fsp3) is 0.857. The van der Waals surface area contributed by atoms with Crippen LogP contribution in [0, 0.1) is 5.92 Å². The van der Waals surface area contributed by atoms with Gasteiger partial charge in [0, 0.05) is 18.9 Å². The number of hydrogen-bond acceptors (Lipinski definition) is 3. The first-order valence-corrected chi connectivity index (χ1v) is 7.20. The zero-order valence-electron chi connectivity index (χ0n) is 12.0. The molecule has 1 fully saturated rings. The molecule has 0 aromatic rings. The van der Waals surface area contributed by atoms with Crippen molar-refractivity contribution in [1.29, 1.82) is 0 Å². The molecular formula is C14H26N2O3. The molecule has 0 aliphatic heterocycles. The Morgan fingerprint density at radius 2 is 1.95 bits per heavy atom. The molecule has 1 aliphatic carbocycles. The molecule has 3 N–H and O–H groups in total. The van der Waals surface area contributed by atoms with Gasteiger partial charge in [-0.05, 0) is 26.2 Å². The molecule has 0 spiro atoms. The van der Waals surface area contributed by atoms with Crippen LogP contribution in [-0.4, -0.2) is 35.6 Å². The first-order chi connectivity index (χ1) is 9.00. The molecule has 5 heteroatoms. The maximum absolute atomic E-state index is 11.7. The van der Waals surface area contributed by atoms with Gasteiger partial charge in [-0.3, -0.25) is 9.59 Å². The highest BCUT2D eigenvalue weighted by Crippen LogP contribution is 2.24. The highest BCUT2D eigenvalue weighted by molar-refractivity contribution is 5.80. The van der Waals surface area contributed by atoms with E-state index in [1.807, 2.05) is 13.8 Å². The molecule has 0 heterocycles. The summed E-state index contributed by atoms with van der Waals surface area (Å²) in [5, 5.41) is 14.8. The summed E-state index contributed by atoms with van der Waals surface area (Å²) < 4.78 is 0. The monoisotopic (exact) mass is 270 g/mol. The largest absolute Gasteiger partial charge is 0.394 e. The minimum atomic E-state index is -0.563. The van der Waals surface area contributed by atoms with E-state index in [-0.39, 0.29) is 30.8 Å². The minimum Gasteiger partial charge on any atom is -0.394 e. The van der Waals surface area contributed by atoms with Gasteiger partial charge >= 0.3 is 0 Å². The average molecular weight is 270 g/mol. The van der Waals surface area contributed by atoms with Gasteiger partial charge in [-0.25, -0.2) is 0 Å². The minimum absolute atomic E-state index is 0.0747. The van der Waals surface area contributed by atoms with Crippen molar-refractivity contribution in [2.75, 3.05) is 13.2 Å². The van der Waals surface area contributed by atoms with Gasteiger partial charge in [0.2, 0.25) is 11.8 Å². The highest BCUT2D eigenvalue weighted by Gasteiger charge is 2.24. The molecule has 1 unspecified atom stereocenters. The summed E-state index contributed by atoms with van der Waals surface area (Å²) in [6, 6.07) is 0. The van der Waals surface area contributed by atoms with Crippen molar-refractivity contribution < 1.29 is 14.7 Å². The maximum Gasteiger partial charge on any atom is 0.223 e. The van der Waals surface area contributed by atoms with E-state index in [9.17, 15) is 14.7 Å². The van der Waals surface area contributed by atoms with Crippen LogP contribution in [0.1, 0.15) is 52.4 Å². The van der Waals surface area contributed by atoms with E-state index in [0.717, 1.165) is 25.7 Å². The first kappa shape index (κ1) is 16.0. The van der Waals surface area contributed by atoms with Crippen LogP contribution >= 0.6 is 0 Å². The second kappa shape index (κ2) is 7.48. The van der Waals surface area contributed by atoms with Gasteiger partial charge in [0.1, 0.15) is 0 Å². The van der Waals surface area contributed by atoms with E-state index in [2.05, 4.69) is 10.6 Å². The highest BCUT2D eigenvalue weighted by atomic mass is 16.3. The lowest BCUT2D eigenvalue weighted by Gasteiger charge is -2.27. The van der Waals surface area contributed by atoms with Gasteiger partial charge in [-0.1, -0.05) is 19.8 Å². The lowest BCUT2D eigenvalue weighted by molar-refractivity contribution is -0.125. The Hall–Kier alpha value is -1.10. The molecule has 2 amide bonds. The van der Waals surface area contributed by atoms with E-state index in [4.69, 9.17) is 0 Å². The summed E-state index contributed by atoms with van der Waals surface area (Å²) in [5.41, 5.74) is -0.563. The predicted octanol–water partition coefficient (Wildman–Crippen LogP) is 0.960. The van der Waals surface area contributed by atoms with E-state index in [0.29, 0.717) is 13.0 Å². The number of carbonyl (C=O) groups is 2. The smallest absolute Gasteiger partial charge is 0.223 e. The number of hydrogen-bond donors (Lipinski definition) is 3. The van der Waals surface area contributed by atoms with Gasteiger partial charge in [0.15, 0.2) is 0 Å². The summed E-state index contributed by atoms with van der Waals surface area (Å²) in [7, 11) is 0. The zero-order chi connectivity index (χ0) is 14.3. The van der Waals surface area contributed by atoms with E-state index >= 15 is 0 Å². The quantitative estimate of drug-likeness (QED) is 0.645. The number of aliphatic hydroxyl groups is 1. The van der Waals surface area contributed by atoms with Gasteiger partial charge in [0.05, 0.1) is 12.1 Å². The van der Waals surface area contributed by atoms with Crippen molar-refractivity contribution in [2.45, 2.75) is 57.9 Å². The molecule has 0 aromatic heterocycles. The summed E-state index contributed by atoms with van der Waals surface area (Å²) in [5.74, 6) is 0.0808. The van der Waals surface area contributed by atoms with Gasteiger partial charge in [-0.2, -0.15) is 0 Å². The number of rotatable bonds is 7. The third-order valence-electron chi connectivity index (χ3n) is 3.95. The van der Waals surface area contributed by atoms with Crippen molar-refractivity contribution >= 4 is 11.8 Å². The molecular weight excluding hydrogens is 244 g/mol. The van der Waals surface area contributed by atoms with Crippen LogP contribution in [0.3, 0.4) is 0 Å². The Bertz CT molecular complexity index is 308. The summed E-state index contributed by atoms with van der Waals surface area (Å²) >= 11 is 0. The van der Waals surface area contributed by atoms with Crippen molar-refractivity contribution in [3.8, 4) is 0 Å². The number of carbonyl (C=O) groups excluding carboxylic acids is 2. The molecule has 110 valence electrons. The fourth-order valence-corrected chi connectivity index (χ4v) is 2.27. The zero-order valence-corrected chi connectivity index (χ0v) is 12.0. The molecule has 19 heavy (non-hydrogen) atoms. The average Bonchev–Trinajstić information content (AvgIpc) is 2.92. The van der Waals surface area contributed by atoms with Crippen molar-refractivity contribution in [1.82, 2.24) is 10.6 Å². The Labute approximate surface area is 115 Å². The van der Waals surface area contributed by atoms with E-state index in [1.165, 1.54) is 0 Å². The Kier molecular flexibility index (Phi) is 6.28. The third kappa shape index (κ3) is 5.19. The predicted molar refractivity (Wildman–Crippen MR) is 73.5 cm³/mol. The lowest BCUT2D eigenvalue weighted by atomic mass is 10.00. The summed E-state index contributed by atoms with van der Waals surface area (Å²) in [4.78, 5) is 23.4. The molecule has 1 aliphatic rings. The van der Waals surface area contributed by atoms with Crippen LogP contribution in [0.4, 0.5) is 0 Å². The molecule has 5 nitrogen and oxygen atoms in total. The maximum atomic E-state index is 11.7. The molecule has 0 radical (unpaired) electrons.